The molecule has 1 heterocycles. The van der Waals surface area contributed by atoms with Gasteiger partial charge >= 0.3 is 0 Å². The van der Waals surface area contributed by atoms with E-state index in [2.05, 4.69) is 0 Å². The number of hydrogen-bond acceptors (Lipinski definition) is 6. The first-order valence-electron chi connectivity index (χ1n) is 11.1. The van der Waals surface area contributed by atoms with Gasteiger partial charge in [0.1, 0.15) is 31.0 Å². The highest BCUT2D eigenvalue weighted by atomic mass is 16.7. The molecule has 6 nitrogen and oxygen atoms in total. The molecule has 0 unspecified atom stereocenters. The molecule has 33 heavy (non-hydrogen) atoms. The minimum Gasteiger partial charge on any atom is -0.374 e. The standard InChI is InChI=1S/C27H30NO5/c28-33-27-24(19-29-16-21-10-4-1-5-11-21)31-20-25(30-17-22-12-6-2-7-13-22)26(27)32-18-23-14-8-3-9-15-23/h1-15,20,24-27H,16-19,28H2/t24-,25+,26-,27+/m1/s1. The largest absolute Gasteiger partial charge is 0.374 e. The van der Waals surface area contributed by atoms with Crippen molar-refractivity contribution < 1.29 is 23.8 Å². The predicted octanol–water partition coefficient (Wildman–Crippen LogP) is 4.19. The van der Waals surface area contributed by atoms with Crippen molar-refractivity contribution in [2.75, 3.05) is 6.61 Å². The summed E-state index contributed by atoms with van der Waals surface area (Å²) < 4.78 is 24.2. The Kier molecular flexibility index (Phi) is 9.00. The van der Waals surface area contributed by atoms with E-state index in [0.29, 0.717) is 26.4 Å². The molecule has 1 radical (unpaired) electrons. The highest BCUT2D eigenvalue weighted by Gasteiger charge is 2.43. The average Bonchev–Trinajstić information content (AvgIpc) is 2.88. The first-order valence-corrected chi connectivity index (χ1v) is 11.1. The second-order valence-corrected chi connectivity index (χ2v) is 7.93. The first kappa shape index (κ1) is 23.6. The number of nitrogens with two attached hydrogens (primary N) is 1. The van der Waals surface area contributed by atoms with Gasteiger partial charge in [0.05, 0.1) is 26.4 Å². The molecule has 1 aliphatic rings. The van der Waals surface area contributed by atoms with Crippen LogP contribution in [0.3, 0.4) is 0 Å². The molecule has 0 aromatic heterocycles. The maximum absolute atomic E-state index is 6.27. The lowest BCUT2D eigenvalue weighted by molar-refractivity contribution is -0.225. The lowest BCUT2D eigenvalue weighted by atomic mass is 9.99. The van der Waals surface area contributed by atoms with Crippen LogP contribution < -0.4 is 5.90 Å². The van der Waals surface area contributed by atoms with Crippen LogP contribution in [-0.2, 0) is 43.6 Å². The normalized spacial score (nSPS) is 22.8. The van der Waals surface area contributed by atoms with Crippen molar-refractivity contribution in [2.24, 2.45) is 5.90 Å². The van der Waals surface area contributed by atoms with Gasteiger partial charge in [-0.1, -0.05) is 91.0 Å². The molecule has 6 heteroatoms. The summed E-state index contributed by atoms with van der Waals surface area (Å²) >= 11 is 0. The summed E-state index contributed by atoms with van der Waals surface area (Å²) in [5.41, 5.74) is 3.20. The zero-order valence-corrected chi connectivity index (χ0v) is 18.5. The summed E-state index contributed by atoms with van der Waals surface area (Å²) in [6.45, 7) is 3.28. The van der Waals surface area contributed by atoms with Crippen molar-refractivity contribution in [3.8, 4) is 0 Å². The summed E-state index contributed by atoms with van der Waals surface area (Å²) in [5.74, 6) is 5.72. The van der Waals surface area contributed by atoms with Gasteiger partial charge in [0.15, 0.2) is 0 Å². The molecule has 4 atom stereocenters. The van der Waals surface area contributed by atoms with Crippen molar-refractivity contribution in [1.82, 2.24) is 0 Å². The van der Waals surface area contributed by atoms with Gasteiger partial charge in [0.2, 0.25) is 0 Å². The fourth-order valence-electron chi connectivity index (χ4n) is 3.76. The summed E-state index contributed by atoms with van der Waals surface area (Å²) in [5, 5.41) is 0. The van der Waals surface area contributed by atoms with Crippen molar-refractivity contribution in [2.45, 2.75) is 44.2 Å². The molecular formula is C27H30NO5. The summed E-state index contributed by atoms with van der Waals surface area (Å²) in [7, 11) is 0. The third-order valence-electron chi connectivity index (χ3n) is 5.52. The quantitative estimate of drug-likeness (QED) is 0.444. The molecule has 3 aromatic rings. The minimum absolute atomic E-state index is 0.309. The van der Waals surface area contributed by atoms with E-state index in [0.717, 1.165) is 16.7 Å². The van der Waals surface area contributed by atoms with Crippen molar-refractivity contribution >= 4 is 0 Å². The van der Waals surface area contributed by atoms with Crippen LogP contribution in [0.5, 0.6) is 0 Å². The van der Waals surface area contributed by atoms with E-state index in [1.807, 2.05) is 91.0 Å². The van der Waals surface area contributed by atoms with Gasteiger partial charge in [-0.2, -0.15) is 0 Å². The smallest absolute Gasteiger partial charge is 0.136 e. The van der Waals surface area contributed by atoms with Crippen LogP contribution in [-0.4, -0.2) is 31.0 Å². The number of hydrogen-bond donors (Lipinski definition) is 1. The number of benzene rings is 3. The van der Waals surface area contributed by atoms with Crippen LogP contribution in [0, 0.1) is 6.61 Å². The van der Waals surface area contributed by atoms with Gasteiger partial charge in [-0.3, -0.25) is 4.84 Å². The number of ether oxygens (including phenoxy) is 4. The van der Waals surface area contributed by atoms with Crippen molar-refractivity contribution in [3.05, 3.63) is 114 Å². The van der Waals surface area contributed by atoms with Crippen LogP contribution in [0.15, 0.2) is 91.0 Å². The molecule has 1 fully saturated rings. The zero-order valence-electron chi connectivity index (χ0n) is 18.5. The number of rotatable bonds is 11. The molecule has 0 bridgehead atoms. The zero-order chi connectivity index (χ0) is 22.7. The van der Waals surface area contributed by atoms with E-state index < -0.39 is 24.4 Å². The van der Waals surface area contributed by atoms with E-state index in [4.69, 9.17) is 29.7 Å². The molecule has 1 aliphatic heterocycles. The molecule has 3 aromatic carbocycles. The molecule has 0 spiro atoms. The lowest BCUT2D eigenvalue weighted by Gasteiger charge is -2.40. The highest BCUT2D eigenvalue weighted by molar-refractivity contribution is 5.15. The molecule has 0 saturated carbocycles. The summed E-state index contributed by atoms with van der Waals surface area (Å²) in [6, 6.07) is 29.9. The van der Waals surface area contributed by atoms with Gasteiger partial charge < -0.3 is 18.9 Å². The molecule has 1 saturated heterocycles. The van der Waals surface area contributed by atoms with Crippen LogP contribution in [0.4, 0.5) is 0 Å². The summed E-state index contributed by atoms with van der Waals surface area (Å²) in [6.07, 6.45) is -1.89. The first-order chi connectivity index (χ1) is 16.3. The van der Waals surface area contributed by atoms with E-state index in [9.17, 15) is 0 Å². The monoisotopic (exact) mass is 448 g/mol. The fourth-order valence-corrected chi connectivity index (χ4v) is 3.76. The molecule has 0 amide bonds. The van der Waals surface area contributed by atoms with Gasteiger partial charge in [-0.15, -0.1) is 0 Å². The van der Waals surface area contributed by atoms with Gasteiger partial charge in [0.25, 0.3) is 0 Å². The van der Waals surface area contributed by atoms with Gasteiger partial charge in [-0.25, -0.2) is 5.90 Å². The Labute approximate surface area is 195 Å². The minimum atomic E-state index is -0.560. The Bertz CT molecular complexity index is 925. The second kappa shape index (κ2) is 12.6. The molecule has 0 aliphatic carbocycles. The molecule has 173 valence electrons. The Balaban J connectivity index is 1.40. The van der Waals surface area contributed by atoms with E-state index in [1.54, 1.807) is 6.61 Å². The maximum atomic E-state index is 6.27. The second-order valence-electron chi connectivity index (χ2n) is 7.93. The van der Waals surface area contributed by atoms with Crippen LogP contribution in [0.25, 0.3) is 0 Å². The van der Waals surface area contributed by atoms with Crippen LogP contribution in [0.2, 0.25) is 0 Å². The third-order valence-corrected chi connectivity index (χ3v) is 5.52. The third kappa shape index (κ3) is 6.95. The van der Waals surface area contributed by atoms with Gasteiger partial charge in [-0.05, 0) is 16.7 Å². The van der Waals surface area contributed by atoms with Crippen molar-refractivity contribution in [3.63, 3.8) is 0 Å². The fraction of sp³-hybridized carbons (Fsp3) is 0.296. The summed E-state index contributed by atoms with van der Waals surface area (Å²) in [4.78, 5) is 5.36. The Morgan fingerprint density at radius 3 is 1.70 bits per heavy atom. The lowest BCUT2D eigenvalue weighted by Crippen LogP contribution is -2.56. The Hall–Kier alpha value is -2.58. The van der Waals surface area contributed by atoms with E-state index >= 15 is 0 Å². The average molecular weight is 449 g/mol. The van der Waals surface area contributed by atoms with Crippen LogP contribution in [0.1, 0.15) is 16.7 Å². The van der Waals surface area contributed by atoms with E-state index in [1.165, 1.54) is 0 Å². The molecule has 4 rings (SSSR count). The predicted molar refractivity (Wildman–Crippen MR) is 124 cm³/mol. The highest BCUT2D eigenvalue weighted by Crippen LogP contribution is 2.27. The van der Waals surface area contributed by atoms with E-state index in [-0.39, 0.29) is 0 Å². The maximum Gasteiger partial charge on any atom is 0.136 e. The van der Waals surface area contributed by atoms with Gasteiger partial charge in [0, 0.05) is 0 Å². The topological polar surface area (TPSA) is 72.2 Å². The molecule has 2 N–H and O–H groups in total. The SMILES string of the molecule is NO[C@@H]1[C@H](OCc2ccccc2)[C@@H](OCc2ccccc2)[CH]O[C@@H]1COCc1ccccc1. The van der Waals surface area contributed by atoms with Crippen LogP contribution >= 0.6 is 0 Å². The Morgan fingerprint density at radius 1 is 0.636 bits per heavy atom. The Morgan fingerprint density at radius 2 is 1.15 bits per heavy atom. The molecular weight excluding hydrogens is 418 g/mol. The van der Waals surface area contributed by atoms with Crippen molar-refractivity contribution in [1.29, 1.82) is 0 Å².